The highest BCUT2D eigenvalue weighted by atomic mass is 35.5. The Morgan fingerprint density at radius 1 is 0.967 bits per heavy atom. The molecule has 2 amide bonds. The van der Waals surface area contributed by atoms with Gasteiger partial charge in [-0.3, -0.25) is 0 Å². The average Bonchev–Trinajstić information content (AvgIpc) is 2.80. The van der Waals surface area contributed by atoms with E-state index >= 15 is 0 Å². The molecule has 4 rings (SSSR count). The van der Waals surface area contributed by atoms with E-state index in [1.807, 2.05) is 60.7 Å². The minimum atomic E-state index is -0.111. The Labute approximate surface area is 180 Å². The summed E-state index contributed by atoms with van der Waals surface area (Å²) in [6, 6.07) is 18.6. The number of piperazine rings is 1. The predicted molar refractivity (Wildman–Crippen MR) is 118 cm³/mol. The molecule has 0 saturated carbocycles. The van der Waals surface area contributed by atoms with Gasteiger partial charge >= 0.3 is 6.03 Å². The van der Waals surface area contributed by atoms with Crippen molar-refractivity contribution in [2.75, 3.05) is 43.5 Å². The highest BCUT2D eigenvalue weighted by Crippen LogP contribution is 2.26. The van der Waals surface area contributed by atoms with Crippen molar-refractivity contribution >= 4 is 29.1 Å². The Morgan fingerprint density at radius 2 is 1.70 bits per heavy atom. The third kappa shape index (κ3) is 4.46. The van der Waals surface area contributed by atoms with Crippen LogP contribution in [-0.4, -0.2) is 54.4 Å². The van der Waals surface area contributed by atoms with Gasteiger partial charge in [0.15, 0.2) is 5.82 Å². The highest BCUT2D eigenvalue weighted by molar-refractivity contribution is 6.33. The Hall–Kier alpha value is -3.32. The van der Waals surface area contributed by atoms with E-state index in [-0.39, 0.29) is 6.03 Å². The zero-order valence-electron chi connectivity index (χ0n) is 16.6. The molecule has 0 radical (unpaired) electrons. The van der Waals surface area contributed by atoms with Crippen molar-refractivity contribution in [3.05, 3.63) is 65.7 Å². The molecule has 1 fully saturated rings. The molecular formula is C22H22ClN5O2. The Morgan fingerprint density at radius 3 is 2.33 bits per heavy atom. The highest BCUT2D eigenvalue weighted by Gasteiger charge is 2.22. The number of carbonyl (C=O) groups is 1. The molecular weight excluding hydrogens is 402 g/mol. The standard InChI is InChI=1S/C22H22ClN5O2/c1-30-17-8-6-16(7-9-17)24-22(29)28-14-12-27(13-15-28)21-11-10-20(25-26-21)18-4-2-3-5-19(18)23/h2-11H,12-15H2,1H3,(H,24,29). The summed E-state index contributed by atoms with van der Waals surface area (Å²) in [7, 11) is 1.61. The normalized spacial score (nSPS) is 13.8. The number of aromatic nitrogens is 2. The first kappa shape index (κ1) is 20.0. The first-order valence-corrected chi connectivity index (χ1v) is 10.1. The maximum Gasteiger partial charge on any atom is 0.321 e. The summed E-state index contributed by atoms with van der Waals surface area (Å²) in [5.74, 6) is 1.55. The fraction of sp³-hybridized carbons (Fsp3) is 0.227. The number of benzene rings is 2. The zero-order chi connectivity index (χ0) is 20.9. The lowest BCUT2D eigenvalue weighted by Gasteiger charge is -2.35. The number of ether oxygens (including phenoxy) is 1. The minimum Gasteiger partial charge on any atom is -0.497 e. The maximum absolute atomic E-state index is 12.5. The van der Waals surface area contributed by atoms with Gasteiger partial charge in [0.05, 0.1) is 17.8 Å². The van der Waals surface area contributed by atoms with Crippen LogP contribution in [-0.2, 0) is 0 Å². The summed E-state index contributed by atoms with van der Waals surface area (Å²) in [6.45, 7) is 2.60. The van der Waals surface area contributed by atoms with Crippen molar-refractivity contribution in [3.63, 3.8) is 0 Å². The minimum absolute atomic E-state index is 0.111. The number of methoxy groups -OCH3 is 1. The lowest BCUT2D eigenvalue weighted by molar-refractivity contribution is 0.208. The van der Waals surface area contributed by atoms with Crippen molar-refractivity contribution in [1.29, 1.82) is 0 Å². The van der Waals surface area contributed by atoms with Crippen molar-refractivity contribution in [3.8, 4) is 17.0 Å². The van der Waals surface area contributed by atoms with Crippen LogP contribution in [0.1, 0.15) is 0 Å². The van der Waals surface area contributed by atoms with Gasteiger partial charge in [-0.25, -0.2) is 4.79 Å². The summed E-state index contributed by atoms with van der Waals surface area (Å²) in [5.41, 5.74) is 2.34. The van der Waals surface area contributed by atoms with Crippen LogP contribution in [0.15, 0.2) is 60.7 Å². The molecule has 8 heteroatoms. The van der Waals surface area contributed by atoms with E-state index in [4.69, 9.17) is 16.3 Å². The van der Waals surface area contributed by atoms with Gasteiger partial charge < -0.3 is 19.9 Å². The molecule has 0 atom stereocenters. The number of amides is 2. The molecule has 30 heavy (non-hydrogen) atoms. The number of anilines is 2. The topological polar surface area (TPSA) is 70.6 Å². The van der Waals surface area contributed by atoms with Crippen LogP contribution >= 0.6 is 11.6 Å². The number of nitrogens with zero attached hydrogens (tertiary/aromatic N) is 4. The zero-order valence-corrected chi connectivity index (χ0v) is 17.3. The molecule has 1 N–H and O–H groups in total. The molecule has 0 unspecified atom stereocenters. The second kappa shape index (κ2) is 9.00. The van der Waals surface area contributed by atoms with Crippen LogP contribution in [0.25, 0.3) is 11.3 Å². The molecule has 1 aromatic heterocycles. The van der Waals surface area contributed by atoms with Crippen LogP contribution in [0.2, 0.25) is 5.02 Å². The quantitative estimate of drug-likeness (QED) is 0.682. The number of hydrogen-bond acceptors (Lipinski definition) is 5. The van der Waals surface area contributed by atoms with Crippen LogP contribution in [0.5, 0.6) is 5.75 Å². The Kier molecular flexibility index (Phi) is 5.99. The average molecular weight is 424 g/mol. The van der Waals surface area contributed by atoms with Crippen LogP contribution < -0.4 is 15.0 Å². The van der Waals surface area contributed by atoms with Crippen molar-refractivity contribution in [2.24, 2.45) is 0 Å². The molecule has 3 aromatic rings. The Bertz CT molecular complexity index is 1000. The molecule has 2 aromatic carbocycles. The predicted octanol–water partition coefficient (Wildman–Crippen LogP) is 4.16. The van der Waals surface area contributed by atoms with Gasteiger partial charge in [-0.1, -0.05) is 29.8 Å². The second-order valence-corrected chi connectivity index (χ2v) is 7.30. The third-order valence-corrected chi connectivity index (χ3v) is 5.36. The van der Waals surface area contributed by atoms with Crippen molar-refractivity contribution < 1.29 is 9.53 Å². The monoisotopic (exact) mass is 423 g/mol. The lowest BCUT2D eigenvalue weighted by Crippen LogP contribution is -2.50. The third-order valence-electron chi connectivity index (χ3n) is 5.03. The fourth-order valence-electron chi connectivity index (χ4n) is 3.32. The van der Waals surface area contributed by atoms with E-state index in [9.17, 15) is 4.79 Å². The van der Waals surface area contributed by atoms with Gasteiger partial charge in [0, 0.05) is 37.4 Å². The molecule has 0 spiro atoms. The van der Waals surface area contributed by atoms with Gasteiger partial charge in [-0.2, -0.15) is 0 Å². The van der Waals surface area contributed by atoms with E-state index in [1.165, 1.54) is 0 Å². The number of urea groups is 1. The number of halogens is 1. The van der Waals surface area contributed by atoms with Crippen LogP contribution in [0, 0.1) is 0 Å². The van der Waals surface area contributed by atoms with Gasteiger partial charge in [0.1, 0.15) is 5.75 Å². The Balaban J connectivity index is 1.33. The molecule has 0 aliphatic carbocycles. The summed E-state index contributed by atoms with van der Waals surface area (Å²) in [5, 5.41) is 12.3. The lowest BCUT2D eigenvalue weighted by atomic mass is 10.1. The molecule has 7 nitrogen and oxygen atoms in total. The van der Waals surface area contributed by atoms with Crippen molar-refractivity contribution in [2.45, 2.75) is 0 Å². The molecule has 1 aliphatic rings. The summed E-state index contributed by atoms with van der Waals surface area (Å²) in [6.07, 6.45) is 0. The van der Waals surface area contributed by atoms with E-state index in [1.54, 1.807) is 12.0 Å². The van der Waals surface area contributed by atoms with E-state index < -0.39 is 0 Å². The smallest absolute Gasteiger partial charge is 0.321 e. The summed E-state index contributed by atoms with van der Waals surface area (Å²) in [4.78, 5) is 16.4. The molecule has 0 bridgehead atoms. The first-order chi connectivity index (χ1) is 14.6. The van der Waals surface area contributed by atoms with Gasteiger partial charge in [0.2, 0.25) is 0 Å². The van der Waals surface area contributed by atoms with Crippen LogP contribution in [0.4, 0.5) is 16.3 Å². The van der Waals surface area contributed by atoms with Crippen LogP contribution in [0.3, 0.4) is 0 Å². The maximum atomic E-state index is 12.5. The summed E-state index contributed by atoms with van der Waals surface area (Å²) >= 11 is 6.24. The molecule has 154 valence electrons. The van der Waals surface area contributed by atoms with E-state index in [2.05, 4.69) is 20.4 Å². The van der Waals surface area contributed by atoms with E-state index in [0.717, 1.165) is 28.5 Å². The molecule has 2 heterocycles. The second-order valence-electron chi connectivity index (χ2n) is 6.89. The molecule has 1 aliphatic heterocycles. The SMILES string of the molecule is COc1ccc(NC(=O)N2CCN(c3ccc(-c4ccccc4Cl)nn3)CC2)cc1. The number of carbonyl (C=O) groups excluding carboxylic acids is 1. The fourth-order valence-corrected chi connectivity index (χ4v) is 3.55. The number of rotatable bonds is 4. The number of nitrogens with one attached hydrogen (secondary N) is 1. The van der Waals surface area contributed by atoms with Crippen molar-refractivity contribution in [1.82, 2.24) is 15.1 Å². The van der Waals surface area contributed by atoms with Gasteiger partial charge in [0.25, 0.3) is 0 Å². The number of hydrogen-bond donors (Lipinski definition) is 1. The van der Waals surface area contributed by atoms with Gasteiger partial charge in [-0.15, -0.1) is 10.2 Å². The first-order valence-electron chi connectivity index (χ1n) is 9.67. The van der Waals surface area contributed by atoms with E-state index in [0.29, 0.717) is 31.2 Å². The molecule has 1 saturated heterocycles. The largest absolute Gasteiger partial charge is 0.497 e. The van der Waals surface area contributed by atoms with Gasteiger partial charge in [-0.05, 0) is 42.5 Å². The summed E-state index contributed by atoms with van der Waals surface area (Å²) < 4.78 is 5.14.